The van der Waals surface area contributed by atoms with Gasteiger partial charge in [-0.25, -0.2) is 0 Å². The van der Waals surface area contributed by atoms with Crippen molar-refractivity contribution in [1.82, 2.24) is 10.2 Å². The van der Waals surface area contributed by atoms with E-state index in [4.69, 9.17) is 0 Å². The van der Waals surface area contributed by atoms with Crippen molar-refractivity contribution < 1.29 is 0 Å². The standard InChI is InChI=1S/C24H32N2/c1-4-13-24(23-11-6-5-7-12-23)14-16-26(17-15-24)20(2)22-10-8-9-21(18-22)19-25-3/h5-12,18,25H,2,4,13-17,19H2,1,3H3. The van der Waals surface area contributed by atoms with Crippen LogP contribution in [0.2, 0.25) is 0 Å². The number of nitrogens with one attached hydrogen (secondary N) is 1. The molecule has 138 valence electrons. The lowest BCUT2D eigenvalue weighted by molar-refractivity contribution is 0.204. The Labute approximate surface area is 158 Å². The molecule has 2 nitrogen and oxygen atoms in total. The summed E-state index contributed by atoms with van der Waals surface area (Å²) in [5.41, 5.74) is 5.58. The van der Waals surface area contributed by atoms with Crippen LogP contribution in [0.25, 0.3) is 5.70 Å². The van der Waals surface area contributed by atoms with Gasteiger partial charge in [-0.2, -0.15) is 0 Å². The van der Waals surface area contributed by atoms with Gasteiger partial charge in [0.05, 0.1) is 0 Å². The fourth-order valence-corrected chi connectivity index (χ4v) is 4.41. The van der Waals surface area contributed by atoms with Crippen molar-refractivity contribution >= 4 is 5.70 Å². The second-order valence-electron chi connectivity index (χ2n) is 7.56. The normalized spacial score (nSPS) is 16.5. The summed E-state index contributed by atoms with van der Waals surface area (Å²) in [6.45, 7) is 9.80. The molecule has 0 saturated carbocycles. The molecule has 1 aliphatic heterocycles. The molecule has 3 rings (SSSR count). The molecule has 0 unspecified atom stereocenters. The van der Waals surface area contributed by atoms with Crippen LogP contribution < -0.4 is 5.32 Å². The fraction of sp³-hybridized carbons (Fsp3) is 0.417. The smallest absolute Gasteiger partial charge is 0.0366 e. The summed E-state index contributed by atoms with van der Waals surface area (Å²) >= 11 is 0. The monoisotopic (exact) mass is 348 g/mol. The Hall–Kier alpha value is -2.06. The highest BCUT2D eigenvalue weighted by Crippen LogP contribution is 2.41. The summed E-state index contributed by atoms with van der Waals surface area (Å²) in [5, 5.41) is 3.23. The molecule has 2 heteroatoms. The molecule has 0 aromatic heterocycles. The van der Waals surface area contributed by atoms with Crippen molar-refractivity contribution in [2.45, 2.75) is 44.6 Å². The molecule has 2 aromatic rings. The molecule has 0 radical (unpaired) electrons. The summed E-state index contributed by atoms with van der Waals surface area (Å²) in [4.78, 5) is 2.48. The summed E-state index contributed by atoms with van der Waals surface area (Å²) in [7, 11) is 1.99. The van der Waals surface area contributed by atoms with E-state index in [1.165, 1.54) is 48.1 Å². The average molecular weight is 349 g/mol. The van der Waals surface area contributed by atoms with Gasteiger partial charge in [0.2, 0.25) is 0 Å². The number of hydrogen-bond donors (Lipinski definition) is 1. The van der Waals surface area contributed by atoms with Crippen LogP contribution in [0.1, 0.15) is 49.3 Å². The third-order valence-corrected chi connectivity index (χ3v) is 5.86. The molecule has 0 spiro atoms. The molecule has 0 amide bonds. The SMILES string of the molecule is C=C(c1cccc(CNC)c1)N1CCC(CCC)(c2ccccc2)CC1. The predicted octanol–water partition coefficient (Wildman–Crippen LogP) is 5.21. The van der Waals surface area contributed by atoms with E-state index in [0.29, 0.717) is 5.41 Å². The number of hydrogen-bond acceptors (Lipinski definition) is 2. The molecule has 1 aliphatic rings. The summed E-state index contributed by atoms with van der Waals surface area (Å²) < 4.78 is 0. The maximum absolute atomic E-state index is 4.42. The van der Waals surface area contributed by atoms with Gasteiger partial charge in [0.15, 0.2) is 0 Å². The molecule has 1 heterocycles. The minimum atomic E-state index is 0.334. The molecule has 1 saturated heterocycles. The molecule has 1 fully saturated rings. The van der Waals surface area contributed by atoms with Gasteiger partial charge >= 0.3 is 0 Å². The van der Waals surface area contributed by atoms with Crippen LogP contribution in [0.15, 0.2) is 61.2 Å². The molecular formula is C24H32N2. The lowest BCUT2D eigenvalue weighted by atomic mass is 9.70. The van der Waals surface area contributed by atoms with Crippen molar-refractivity contribution in [3.05, 3.63) is 77.9 Å². The number of benzene rings is 2. The van der Waals surface area contributed by atoms with Gasteiger partial charge in [0.1, 0.15) is 0 Å². The minimum absolute atomic E-state index is 0.334. The number of piperidine rings is 1. The molecule has 2 aromatic carbocycles. The van der Waals surface area contributed by atoms with Crippen molar-refractivity contribution in [2.75, 3.05) is 20.1 Å². The van der Waals surface area contributed by atoms with Crippen molar-refractivity contribution in [2.24, 2.45) is 0 Å². The lowest BCUT2D eigenvalue weighted by Crippen LogP contribution is -2.41. The first-order chi connectivity index (χ1) is 12.7. The molecule has 1 N–H and O–H groups in total. The van der Waals surface area contributed by atoms with E-state index in [0.717, 1.165) is 19.6 Å². The van der Waals surface area contributed by atoms with Gasteiger partial charge in [0.25, 0.3) is 0 Å². The van der Waals surface area contributed by atoms with Crippen molar-refractivity contribution in [3.63, 3.8) is 0 Å². The van der Waals surface area contributed by atoms with Crippen molar-refractivity contribution in [1.29, 1.82) is 0 Å². The number of likely N-dealkylation sites (tertiary alicyclic amines) is 1. The van der Waals surface area contributed by atoms with E-state index in [-0.39, 0.29) is 0 Å². The van der Waals surface area contributed by atoms with E-state index in [1.54, 1.807) is 0 Å². The second-order valence-corrected chi connectivity index (χ2v) is 7.56. The van der Waals surface area contributed by atoms with E-state index in [1.807, 2.05) is 7.05 Å². The largest absolute Gasteiger partial charge is 0.371 e. The Morgan fingerprint density at radius 2 is 1.81 bits per heavy atom. The summed E-state index contributed by atoms with van der Waals surface area (Å²) in [6, 6.07) is 19.9. The van der Waals surface area contributed by atoms with Crippen LogP contribution in [-0.2, 0) is 12.0 Å². The van der Waals surface area contributed by atoms with Gasteiger partial charge in [-0.1, -0.05) is 68.5 Å². The second kappa shape index (κ2) is 8.55. The highest BCUT2D eigenvalue weighted by atomic mass is 15.1. The molecular weight excluding hydrogens is 316 g/mol. The Kier molecular flexibility index (Phi) is 6.16. The van der Waals surface area contributed by atoms with Crippen LogP contribution >= 0.6 is 0 Å². The predicted molar refractivity (Wildman–Crippen MR) is 112 cm³/mol. The van der Waals surface area contributed by atoms with E-state index in [9.17, 15) is 0 Å². The molecule has 0 atom stereocenters. The third-order valence-electron chi connectivity index (χ3n) is 5.86. The highest BCUT2D eigenvalue weighted by Gasteiger charge is 2.35. The molecule has 26 heavy (non-hydrogen) atoms. The summed E-state index contributed by atoms with van der Waals surface area (Å²) in [5.74, 6) is 0. The van der Waals surface area contributed by atoms with Crippen LogP contribution in [0.5, 0.6) is 0 Å². The first-order valence-corrected chi connectivity index (χ1v) is 9.92. The van der Waals surface area contributed by atoms with Crippen LogP contribution in [-0.4, -0.2) is 25.0 Å². The molecule has 0 aliphatic carbocycles. The first kappa shape index (κ1) is 18.7. The van der Waals surface area contributed by atoms with E-state index in [2.05, 4.69) is 78.3 Å². The zero-order chi connectivity index (χ0) is 18.4. The zero-order valence-electron chi connectivity index (χ0n) is 16.3. The van der Waals surface area contributed by atoms with E-state index < -0.39 is 0 Å². The number of rotatable bonds is 7. The van der Waals surface area contributed by atoms with Crippen molar-refractivity contribution in [3.8, 4) is 0 Å². The Morgan fingerprint density at radius 3 is 2.46 bits per heavy atom. The fourth-order valence-electron chi connectivity index (χ4n) is 4.41. The number of nitrogens with zero attached hydrogens (tertiary/aromatic N) is 1. The van der Waals surface area contributed by atoms with Gasteiger partial charge in [-0.3, -0.25) is 0 Å². The summed E-state index contributed by atoms with van der Waals surface area (Å²) in [6.07, 6.45) is 4.93. The highest BCUT2D eigenvalue weighted by molar-refractivity contribution is 5.62. The maximum atomic E-state index is 4.42. The van der Waals surface area contributed by atoms with Crippen LogP contribution in [0.4, 0.5) is 0 Å². The van der Waals surface area contributed by atoms with E-state index >= 15 is 0 Å². The zero-order valence-corrected chi connectivity index (χ0v) is 16.3. The van der Waals surface area contributed by atoms with Gasteiger partial charge in [-0.15, -0.1) is 0 Å². The van der Waals surface area contributed by atoms with Gasteiger partial charge in [0, 0.05) is 25.3 Å². The van der Waals surface area contributed by atoms with Gasteiger partial charge < -0.3 is 10.2 Å². The minimum Gasteiger partial charge on any atom is -0.371 e. The Bertz CT molecular complexity index is 712. The quantitative estimate of drug-likeness (QED) is 0.739. The maximum Gasteiger partial charge on any atom is 0.0366 e. The topological polar surface area (TPSA) is 15.3 Å². The lowest BCUT2D eigenvalue weighted by Gasteiger charge is -2.44. The van der Waals surface area contributed by atoms with Crippen LogP contribution in [0.3, 0.4) is 0 Å². The molecule has 0 bridgehead atoms. The average Bonchev–Trinajstić information content (AvgIpc) is 2.69. The third kappa shape index (κ3) is 4.02. The Balaban J connectivity index is 1.72. The van der Waals surface area contributed by atoms with Crippen LogP contribution in [0, 0.1) is 0 Å². The Morgan fingerprint density at radius 1 is 1.08 bits per heavy atom. The van der Waals surface area contributed by atoms with Gasteiger partial charge in [-0.05, 0) is 54.5 Å². The first-order valence-electron chi connectivity index (χ1n) is 9.92.